The third-order valence-corrected chi connectivity index (χ3v) is 4.39. The largest absolute Gasteiger partial charge is 0.376 e. The lowest BCUT2D eigenvalue weighted by Crippen LogP contribution is -2.37. The molecule has 1 aliphatic rings. The Morgan fingerprint density at radius 3 is 2.88 bits per heavy atom. The van der Waals surface area contributed by atoms with Crippen LogP contribution < -0.4 is 0 Å². The number of nitrogens with zero attached hydrogens (tertiary/aromatic N) is 3. The summed E-state index contributed by atoms with van der Waals surface area (Å²) in [5.74, 6) is 0.0828. The van der Waals surface area contributed by atoms with Gasteiger partial charge in [0.25, 0.3) is 5.91 Å². The number of benzene rings is 1. The van der Waals surface area contributed by atoms with E-state index in [1.807, 2.05) is 42.5 Å². The van der Waals surface area contributed by atoms with Gasteiger partial charge in [0.2, 0.25) is 5.76 Å². The predicted molar refractivity (Wildman–Crippen MR) is 92.0 cm³/mol. The second-order valence-electron chi connectivity index (χ2n) is 6.17. The van der Waals surface area contributed by atoms with E-state index >= 15 is 0 Å². The van der Waals surface area contributed by atoms with Gasteiger partial charge in [-0.15, -0.1) is 0 Å². The van der Waals surface area contributed by atoms with Crippen LogP contribution in [0.15, 0.2) is 53.2 Å². The van der Waals surface area contributed by atoms with Gasteiger partial charge in [0.05, 0.1) is 23.7 Å². The van der Waals surface area contributed by atoms with E-state index in [9.17, 15) is 4.79 Å². The lowest BCUT2D eigenvalue weighted by atomic mass is 10.1. The van der Waals surface area contributed by atoms with E-state index in [1.54, 1.807) is 11.1 Å². The van der Waals surface area contributed by atoms with Crippen LogP contribution >= 0.6 is 0 Å². The first-order chi connectivity index (χ1) is 12.3. The monoisotopic (exact) mass is 337 g/mol. The maximum absolute atomic E-state index is 13.1. The van der Waals surface area contributed by atoms with Gasteiger partial charge in [-0.25, -0.2) is 0 Å². The molecule has 1 aromatic carbocycles. The van der Waals surface area contributed by atoms with E-state index in [4.69, 9.17) is 9.26 Å². The highest BCUT2D eigenvalue weighted by Crippen LogP contribution is 2.22. The molecule has 6 nitrogen and oxygen atoms in total. The van der Waals surface area contributed by atoms with E-state index < -0.39 is 0 Å². The Morgan fingerprint density at radius 2 is 2.08 bits per heavy atom. The van der Waals surface area contributed by atoms with Crippen LogP contribution in [-0.4, -0.2) is 40.2 Å². The molecular weight excluding hydrogens is 318 g/mol. The Hall–Kier alpha value is -2.73. The lowest BCUT2D eigenvalue weighted by molar-refractivity contribution is 0.0476. The zero-order valence-corrected chi connectivity index (χ0v) is 13.8. The first-order valence-electron chi connectivity index (χ1n) is 8.46. The van der Waals surface area contributed by atoms with Gasteiger partial charge >= 0.3 is 0 Å². The molecule has 0 saturated carbocycles. The van der Waals surface area contributed by atoms with Gasteiger partial charge in [-0.2, -0.15) is 0 Å². The molecule has 0 unspecified atom stereocenters. The van der Waals surface area contributed by atoms with Gasteiger partial charge in [0.15, 0.2) is 0 Å². The topological polar surface area (TPSA) is 68.5 Å². The predicted octanol–water partition coefficient (Wildman–Crippen LogP) is 3.04. The Bertz CT molecular complexity index is 856. The van der Waals surface area contributed by atoms with E-state index in [2.05, 4.69) is 10.1 Å². The Labute approximate surface area is 145 Å². The van der Waals surface area contributed by atoms with Crippen molar-refractivity contribution in [3.8, 4) is 0 Å². The van der Waals surface area contributed by atoms with Crippen LogP contribution in [0, 0.1) is 0 Å². The number of rotatable bonds is 5. The van der Waals surface area contributed by atoms with Crippen molar-refractivity contribution in [1.82, 2.24) is 15.0 Å². The molecule has 4 rings (SSSR count). The number of carbonyl (C=O) groups is 1. The van der Waals surface area contributed by atoms with Crippen LogP contribution in [0.3, 0.4) is 0 Å². The summed E-state index contributed by atoms with van der Waals surface area (Å²) in [5.41, 5.74) is 1.51. The molecular formula is C19H19N3O3. The standard InChI is InChI=1S/C19H19N3O3/c23-19(18-16-8-1-2-9-17(16)21-25-18)22(13-15-7-5-11-24-15)12-14-6-3-4-10-20-14/h1-4,6,8-10,15H,5,7,11-13H2/t15-/m0/s1. The van der Waals surface area contributed by atoms with Crippen molar-refractivity contribution in [3.05, 3.63) is 60.1 Å². The van der Waals surface area contributed by atoms with Crippen molar-refractivity contribution in [3.63, 3.8) is 0 Å². The summed E-state index contributed by atoms with van der Waals surface area (Å²) < 4.78 is 11.1. The summed E-state index contributed by atoms with van der Waals surface area (Å²) in [6.45, 7) is 1.68. The van der Waals surface area contributed by atoms with E-state index in [1.165, 1.54) is 0 Å². The fourth-order valence-electron chi connectivity index (χ4n) is 3.13. The second kappa shape index (κ2) is 7.03. The SMILES string of the molecule is O=C(c1onc2ccccc12)N(Cc1ccccn1)C[C@@H]1CCCO1. The Morgan fingerprint density at radius 1 is 1.20 bits per heavy atom. The number of amides is 1. The molecule has 1 saturated heterocycles. The second-order valence-corrected chi connectivity index (χ2v) is 6.17. The molecule has 1 amide bonds. The molecule has 0 aliphatic carbocycles. The van der Waals surface area contributed by atoms with Gasteiger partial charge < -0.3 is 14.2 Å². The molecule has 25 heavy (non-hydrogen) atoms. The maximum atomic E-state index is 13.1. The number of aromatic nitrogens is 2. The summed E-state index contributed by atoms with van der Waals surface area (Å²) in [5, 5.41) is 4.72. The van der Waals surface area contributed by atoms with Gasteiger partial charge in [0, 0.05) is 19.3 Å². The Kier molecular flexibility index (Phi) is 4.43. The molecule has 6 heteroatoms. The Balaban J connectivity index is 1.62. The third kappa shape index (κ3) is 3.39. The number of carbonyl (C=O) groups excluding carboxylic acids is 1. The highest BCUT2D eigenvalue weighted by atomic mass is 16.5. The lowest BCUT2D eigenvalue weighted by Gasteiger charge is -2.24. The summed E-state index contributed by atoms with van der Waals surface area (Å²) in [7, 11) is 0. The average Bonchev–Trinajstić information content (AvgIpc) is 3.31. The van der Waals surface area contributed by atoms with Crippen LogP contribution in [0.5, 0.6) is 0 Å². The molecule has 2 aromatic heterocycles. The molecule has 3 aromatic rings. The van der Waals surface area contributed by atoms with Gasteiger partial charge in [0.1, 0.15) is 5.52 Å². The highest BCUT2D eigenvalue weighted by molar-refractivity contribution is 6.03. The van der Waals surface area contributed by atoms with Crippen LogP contribution in [0.25, 0.3) is 10.9 Å². The molecule has 0 spiro atoms. The van der Waals surface area contributed by atoms with E-state index in [0.29, 0.717) is 18.6 Å². The fourth-order valence-corrected chi connectivity index (χ4v) is 3.13. The molecule has 1 atom stereocenters. The highest BCUT2D eigenvalue weighted by Gasteiger charge is 2.27. The molecule has 3 heterocycles. The molecule has 128 valence electrons. The normalized spacial score (nSPS) is 17.0. The van der Waals surface area contributed by atoms with Crippen molar-refractivity contribution < 1.29 is 14.1 Å². The average molecular weight is 337 g/mol. The molecule has 0 radical (unpaired) electrons. The number of hydrogen-bond donors (Lipinski definition) is 0. The van der Waals surface area contributed by atoms with Crippen LogP contribution in [0.1, 0.15) is 29.1 Å². The minimum absolute atomic E-state index is 0.0573. The van der Waals surface area contributed by atoms with Crippen molar-refractivity contribution in [2.45, 2.75) is 25.5 Å². The third-order valence-electron chi connectivity index (χ3n) is 4.39. The van der Waals surface area contributed by atoms with Crippen molar-refractivity contribution >= 4 is 16.8 Å². The van der Waals surface area contributed by atoms with E-state index in [-0.39, 0.29) is 17.8 Å². The van der Waals surface area contributed by atoms with Crippen LogP contribution in [-0.2, 0) is 11.3 Å². The molecule has 1 fully saturated rings. The number of hydrogen-bond acceptors (Lipinski definition) is 5. The van der Waals surface area contributed by atoms with E-state index in [0.717, 1.165) is 30.5 Å². The van der Waals surface area contributed by atoms with Crippen molar-refractivity contribution in [1.29, 1.82) is 0 Å². The minimum atomic E-state index is -0.185. The minimum Gasteiger partial charge on any atom is -0.376 e. The van der Waals surface area contributed by atoms with Crippen LogP contribution in [0.4, 0.5) is 0 Å². The molecule has 0 N–H and O–H groups in total. The van der Waals surface area contributed by atoms with Gasteiger partial charge in [-0.05, 0) is 37.1 Å². The van der Waals surface area contributed by atoms with Crippen LogP contribution in [0.2, 0.25) is 0 Å². The smallest absolute Gasteiger partial charge is 0.293 e. The van der Waals surface area contributed by atoms with Gasteiger partial charge in [-0.1, -0.05) is 23.4 Å². The molecule has 1 aliphatic heterocycles. The maximum Gasteiger partial charge on any atom is 0.293 e. The quantitative estimate of drug-likeness (QED) is 0.716. The number of ether oxygens (including phenoxy) is 1. The summed E-state index contributed by atoms with van der Waals surface area (Å²) in [6.07, 6.45) is 3.78. The first kappa shape index (κ1) is 15.8. The molecule has 0 bridgehead atoms. The summed E-state index contributed by atoms with van der Waals surface area (Å²) in [4.78, 5) is 19.2. The number of pyridine rings is 1. The summed E-state index contributed by atoms with van der Waals surface area (Å²) in [6, 6.07) is 13.1. The first-order valence-corrected chi connectivity index (χ1v) is 8.46. The summed E-state index contributed by atoms with van der Waals surface area (Å²) >= 11 is 0. The van der Waals surface area contributed by atoms with Crippen molar-refractivity contribution in [2.24, 2.45) is 0 Å². The fraction of sp³-hybridized carbons (Fsp3) is 0.316. The zero-order chi connectivity index (χ0) is 17.1. The zero-order valence-electron chi connectivity index (χ0n) is 13.8. The van der Waals surface area contributed by atoms with Crippen molar-refractivity contribution in [2.75, 3.05) is 13.2 Å². The number of fused-ring (bicyclic) bond motifs is 1. The van der Waals surface area contributed by atoms with Gasteiger partial charge in [-0.3, -0.25) is 9.78 Å².